The molecule has 1 N–H and O–H groups in total. The van der Waals surface area contributed by atoms with Crippen LogP contribution in [0.3, 0.4) is 0 Å². The maximum Gasteiger partial charge on any atom is 0.348 e. The van der Waals surface area contributed by atoms with E-state index in [2.05, 4.69) is 15.2 Å². The molecule has 3 aromatic heterocycles. The van der Waals surface area contributed by atoms with Crippen LogP contribution in [-0.2, 0) is 7.05 Å². The van der Waals surface area contributed by atoms with E-state index in [1.807, 2.05) is 24.3 Å². The Hall–Kier alpha value is -2.96. The normalized spacial score (nSPS) is 11.7. The van der Waals surface area contributed by atoms with Crippen LogP contribution in [0, 0.1) is 0 Å². The molecule has 20 heavy (non-hydrogen) atoms. The van der Waals surface area contributed by atoms with Gasteiger partial charge in [-0.3, -0.25) is 9.36 Å². The lowest BCUT2D eigenvalue weighted by atomic mass is 10.1. The van der Waals surface area contributed by atoms with Crippen molar-refractivity contribution in [3.05, 3.63) is 51.3 Å². The van der Waals surface area contributed by atoms with Gasteiger partial charge in [-0.25, -0.2) is 19.3 Å². The van der Waals surface area contributed by atoms with Crippen LogP contribution in [0.4, 0.5) is 0 Å². The Kier molecular flexibility index (Phi) is 1.93. The molecule has 0 aliphatic rings. The van der Waals surface area contributed by atoms with Crippen LogP contribution < -0.4 is 11.2 Å². The smallest absolute Gasteiger partial charge is 0.291 e. The number of aryl methyl sites for hydroxylation is 1. The standard InChI is InChI=1S/C13H9N5O2/c1-17-10-9(8-5-3-2-4-7(8)6-14-10)18-11(12(17)19)15-16-13(18)20/h2-6H,1H3,(H,16,20). The zero-order valence-electron chi connectivity index (χ0n) is 10.5. The Labute approximate surface area is 111 Å². The first-order chi connectivity index (χ1) is 9.68. The molecule has 0 unspecified atom stereocenters. The first kappa shape index (κ1) is 10.9. The zero-order valence-corrected chi connectivity index (χ0v) is 10.5. The molecule has 0 bridgehead atoms. The van der Waals surface area contributed by atoms with Crippen LogP contribution >= 0.6 is 0 Å². The lowest BCUT2D eigenvalue weighted by molar-refractivity contribution is 0.876. The molecule has 0 atom stereocenters. The molecule has 0 amide bonds. The minimum absolute atomic E-state index is 0.0724. The highest BCUT2D eigenvalue weighted by Crippen LogP contribution is 2.21. The predicted octanol–water partition coefficient (Wildman–Crippen LogP) is 0.423. The number of benzene rings is 1. The minimum Gasteiger partial charge on any atom is -0.291 e. The molecule has 7 nitrogen and oxygen atoms in total. The summed E-state index contributed by atoms with van der Waals surface area (Å²) < 4.78 is 2.68. The van der Waals surface area contributed by atoms with Gasteiger partial charge in [0, 0.05) is 24.0 Å². The van der Waals surface area contributed by atoms with Crippen molar-refractivity contribution in [1.82, 2.24) is 24.1 Å². The summed E-state index contributed by atoms with van der Waals surface area (Å²) in [5.41, 5.74) is 0.297. The summed E-state index contributed by atoms with van der Waals surface area (Å²) in [5.74, 6) is 0. The summed E-state index contributed by atoms with van der Waals surface area (Å²) in [7, 11) is 1.62. The molecule has 0 radical (unpaired) electrons. The van der Waals surface area contributed by atoms with Gasteiger partial charge in [-0.15, -0.1) is 5.10 Å². The Bertz CT molecular complexity index is 1100. The van der Waals surface area contributed by atoms with E-state index in [1.54, 1.807) is 13.2 Å². The van der Waals surface area contributed by atoms with Gasteiger partial charge in [0.15, 0.2) is 5.65 Å². The highest BCUT2D eigenvalue weighted by molar-refractivity contribution is 6.02. The van der Waals surface area contributed by atoms with Crippen LogP contribution in [-0.4, -0.2) is 24.1 Å². The van der Waals surface area contributed by atoms with E-state index in [9.17, 15) is 9.59 Å². The van der Waals surface area contributed by atoms with Crippen molar-refractivity contribution in [2.75, 3.05) is 0 Å². The highest BCUT2D eigenvalue weighted by atomic mass is 16.2. The van der Waals surface area contributed by atoms with E-state index in [1.165, 1.54) is 8.97 Å². The van der Waals surface area contributed by atoms with Crippen LogP contribution in [0.1, 0.15) is 0 Å². The van der Waals surface area contributed by atoms with Crippen molar-refractivity contribution in [2.45, 2.75) is 0 Å². The van der Waals surface area contributed by atoms with Gasteiger partial charge in [0.05, 0.1) is 0 Å². The summed E-state index contributed by atoms with van der Waals surface area (Å²) in [6, 6.07) is 7.57. The molecular weight excluding hydrogens is 258 g/mol. The molecule has 0 aliphatic heterocycles. The fourth-order valence-corrected chi connectivity index (χ4v) is 2.50. The topological polar surface area (TPSA) is 85.0 Å². The number of pyridine rings is 1. The lowest BCUT2D eigenvalue weighted by Gasteiger charge is -2.08. The second-order valence-electron chi connectivity index (χ2n) is 4.57. The van der Waals surface area contributed by atoms with Crippen molar-refractivity contribution >= 4 is 27.6 Å². The molecule has 0 fully saturated rings. The number of nitrogens with one attached hydrogen (secondary N) is 1. The Balaban J connectivity index is 2.52. The first-order valence-corrected chi connectivity index (χ1v) is 6.02. The Morgan fingerprint density at radius 3 is 2.80 bits per heavy atom. The lowest BCUT2D eigenvalue weighted by Crippen LogP contribution is -2.24. The van der Waals surface area contributed by atoms with E-state index in [0.29, 0.717) is 11.2 Å². The minimum atomic E-state index is -0.444. The largest absolute Gasteiger partial charge is 0.348 e. The number of fused-ring (bicyclic) bond motifs is 5. The van der Waals surface area contributed by atoms with Crippen molar-refractivity contribution in [3.63, 3.8) is 0 Å². The molecule has 98 valence electrons. The monoisotopic (exact) mass is 267 g/mol. The Morgan fingerprint density at radius 1 is 1.15 bits per heavy atom. The van der Waals surface area contributed by atoms with Crippen LogP contribution in [0.25, 0.3) is 27.6 Å². The van der Waals surface area contributed by atoms with Gasteiger partial charge in [-0.1, -0.05) is 24.3 Å². The molecule has 4 aromatic rings. The van der Waals surface area contributed by atoms with Gasteiger partial charge in [-0.05, 0) is 0 Å². The van der Waals surface area contributed by atoms with E-state index >= 15 is 0 Å². The third kappa shape index (κ3) is 1.18. The molecular formula is C13H9N5O2. The number of rotatable bonds is 0. The van der Waals surface area contributed by atoms with E-state index in [0.717, 1.165) is 10.8 Å². The second kappa shape index (κ2) is 3.53. The summed E-state index contributed by atoms with van der Waals surface area (Å²) in [5, 5.41) is 7.86. The van der Waals surface area contributed by atoms with Gasteiger partial charge in [0.25, 0.3) is 5.56 Å². The Morgan fingerprint density at radius 2 is 1.95 bits per heavy atom. The number of hydrogen-bond donors (Lipinski definition) is 1. The molecule has 0 aliphatic carbocycles. The quantitative estimate of drug-likeness (QED) is 0.468. The summed E-state index contributed by atoms with van der Waals surface area (Å²) in [6.45, 7) is 0. The molecule has 7 heteroatoms. The maximum atomic E-state index is 12.2. The number of aromatic amines is 1. The van der Waals surface area contributed by atoms with E-state index in [-0.39, 0.29) is 11.2 Å². The SMILES string of the molecule is Cn1c(=O)c2n[nH]c(=O)n2c2c3ccccc3cnc21. The van der Waals surface area contributed by atoms with Gasteiger partial charge < -0.3 is 0 Å². The molecule has 0 saturated carbocycles. The third-order valence-corrected chi connectivity index (χ3v) is 3.46. The predicted molar refractivity (Wildman–Crippen MR) is 73.9 cm³/mol. The fourth-order valence-electron chi connectivity index (χ4n) is 2.50. The van der Waals surface area contributed by atoms with Crippen molar-refractivity contribution in [2.24, 2.45) is 7.05 Å². The zero-order chi connectivity index (χ0) is 13.9. The molecule has 0 saturated heterocycles. The highest BCUT2D eigenvalue weighted by Gasteiger charge is 2.15. The molecule has 4 rings (SSSR count). The van der Waals surface area contributed by atoms with Crippen LogP contribution in [0.5, 0.6) is 0 Å². The van der Waals surface area contributed by atoms with Crippen molar-refractivity contribution in [1.29, 1.82) is 0 Å². The van der Waals surface area contributed by atoms with Gasteiger partial charge in [-0.2, -0.15) is 0 Å². The first-order valence-electron chi connectivity index (χ1n) is 6.02. The van der Waals surface area contributed by atoms with E-state index in [4.69, 9.17) is 0 Å². The van der Waals surface area contributed by atoms with Gasteiger partial charge in [0.2, 0.25) is 5.65 Å². The summed E-state index contributed by atoms with van der Waals surface area (Å²) in [6.07, 6.45) is 1.69. The number of nitrogens with zero attached hydrogens (tertiary/aromatic N) is 4. The van der Waals surface area contributed by atoms with Crippen molar-refractivity contribution in [3.8, 4) is 0 Å². The number of hydrogen-bond acceptors (Lipinski definition) is 4. The second-order valence-corrected chi connectivity index (χ2v) is 4.57. The average Bonchev–Trinajstić information content (AvgIpc) is 2.86. The van der Waals surface area contributed by atoms with E-state index < -0.39 is 5.69 Å². The fraction of sp³-hybridized carbons (Fsp3) is 0.0769. The molecule has 1 aromatic carbocycles. The van der Waals surface area contributed by atoms with Gasteiger partial charge in [0.1, 0.15) is 5.52 Å². The molecule has 0 spiro atoms. The number of H-pyrrole nitrogens is 1. The third-order valence-electron chi connectivity index (χ3n) is 3.46. The maximum absolute atomic E-state index is 12.2. The number of aromatic nitrogens is 5. The summed E-state index contributed by atoms with van der Waals surface area (Å²) >= 11 is 0. The summed E-state index contributed by atoms with van der Waals surface area (Å²) in [4.78, 5) is 28.4. The van der Waals surface area contributed by atoms with Gasteiger partial charge >= 0.3 is 5.69 Å². The van der Waals surface area contributed by atoms with Crippen LogP contribution in [0.2, 0.25) is 0 Å². The van der Waals surface area contributed by atoms with Crippen molar-refractivity contribution < 1.29 is 0 Å². The average molecular weight is 267 g/mol. The molecule has 3 heterocycles. The van der Waals surface area contributed by atoms with Crippen LogP contribution in [0.15, 0.2) is 40.1 Å².